The lowest BCUT2D eigenvalue weighted by Gasteiger charge is -2.07. The van der Waals surface area contributed by atoms with Crippen molar-refractivity contribution in [2.24, 2.45) is 5.92 Å². The summed E-state index contributed by atoms with van der Waals surface area (Å²) in [5.41, 5.74) is 6.84. The molecule has 1 aromatic heterocycles. The molecule has 0 saturated heterocycles. The molecular weight excluding hydrogens is 233 g/mol. The van der Waals surface area contributed by atoms with E-state index in [4.69, 9.17) is 10.5 Å². The van der Waals surface area contributed by atoms with Crippen LogP contribution in [0, 0.1) is 11.7 Å². The maximum absolute atomic E-state index is 13.8. The Morgan fingerprint density at radius 2 is 2.22 bits per heavy atom. The predicted molar refractivity (Wildman–Crippen MR) is 66.6 cm³/mol. The Labute approximate surface area is 104 Å². The van der Waals surface area contributed by atoms with Gasteiger partial charge in [-0.2, -0.15) is 5.10 Å². The zero-order valence-corrected chi connectivity index (χ0v) is 9.82. The molecule has 4 nitrogen and oxygen atoms in total. The predicted octanol–water partition coefficient (Wildman–Crippen LogP) is 2.59. The van der Waals surface area contributed by atoms with Gasteiger partial charge in [-0.05, 0) is 37.0 Å². The summed E-state index contributed by atoms with van der Waals surface area (Å²) < 4.78 is 19.2. The summed E-state index contributed by atoms with van der Waals surface area (Å²) in [5.74, 6) is 0.999. The lowest BCUT2D eigenvalue weighted by atomic mass is 10.1. The van der Waals surface area contributed by atoms with Gasteiger partial charge in [0.25, 0.3) is 0 Å². The number of nitrogens with zero attached hydrogens (tertiary/aromatic N) is 1. The normalized spacial score (nSPS) is 14.7. The third-order valence-corrected chi connectivity index (χ3v) is 3.00. The third-order valence-electron chi connectivity index (χ3n) is 3.00. The minimum Gasteiger partial charge on any atom is -0.490 e. The fourth-order valence-corrected chi connectivity index (χ4v) is 1.75. The van der Waals surface area contributed by atoms with Gasteiger partial charge in [-0.25, -0.2) is 4.39 Å². The van der Waals surface area contributed by atoms with Gasteiger partial charge in [0.05, 0.1) is 12.3 Å². The van der Waals surface area contributed by atoms with Crippen molar-refractivity contribution in [3.8, 4) is 17.0 Å². The van der Waals surface area contributed by atoms with Crippen LogP contribution in [-0.4, -0.2) is 16.8 Å². The van der Waals surface area contributed by atoms with Crippen molar-refractivity contribution in [3.05, 3.63) is 30.1 Å². The number of aromatic amines is 1. The number of aromatic nitrogens is 2. The van der Waals surface area contributed by atoms with Crippen LogP contribution in [0.3, 0.4) is 0 Å². The average Bonchev–Trinajstić information content (AvgIpc) is 3.08. The fraction of sp³-hybridized carbons (Fsp3) is 0.308. The number of ether oxygens (including phenoxy) is 1. The fourth-order valence-electron chi connectivity index (χ4n) is 1.75. The molecule has 1 fully saturated rings. The number of nitrogen functional groups attached to an aromatic ring is 1. The summed E-state index contributed by atoms with van der Waals surface area (Å²) in [6.45, 7) is 0.603. The van der Waals surface area contributed by atoms with Gasteiger partial charge in [0.15, 0.2) is 11.6 Å². The van der Waals surface area contributed by atoms with E-state index in [-0.39, 0.29) is 5.82 Å². The highest BCUT2D eigenvalue weighted by Gasteiger charge is 2.22. The number of hydrogen-bond donors (Lipinski definition) is 2. The molecule has 0 spiro atoms. The summed E-state index contributed by atoms with van der Waals surface area (Å²) in [6.07, 6.45) is 2.37. The zero-order valence-electron chi connectivity index (χ0n) is 9.82. The Balaban J connectivity index is 1.79. The first-order chi connectivity index (χ1) is 8.72. The van der Waals surface area contributed by atoms with Crippen LogP contribution in [0.4, 0.5) is 10.2 Å². The summed E-state index contributed by atoms with van der Waals surface area (Å²) >= 11 is 0. The molecule has 0 bridgehead atoms. The number of benzene rings is 1. The topological polar surface area (TPSA) is 63.9 Å². The number of rotatable bonds is 4. The van der Waals surface area contributed by atoms with Gasteiger partial charge in [-0.15, -0.1) is 0 Å². The average molecular weight is 247 g/mol. The molecule has 94 valence electrons. The van der Waals surface area contributed by atoms with Crippen molar-refractivity contribution in [1.82, 2.24) is 10.2 Å². The first-order valence-electron chi connectivity index (χ1n) is 5.96. The first-order valence-corrected chi connectivity index (χ1v) is 5.96. The highest BCUT2D eigenvalue weighted by atomic mass is 19.1. The standard InChI is InChI=1S/C13H14FN3O/c14-10-5-9(11-6-13(15)17-16-11)3-4-12(10)18-7-8-1-2-8/h3-6,8H,1-2,7H2,(H3,15,16,17). The van der Waals surface area contributed by atoms with Crippen LogP contribution in [0.15, 0.2) is 24.3 Å². The summed E-state index contributed by atoms with van der Waals surface area (Å²) in [4.78, 5) is 0. The lowest BCUT2D eigenvalue weighted by Crippen LogP contribution is -2.00. The largest absolute Gasteiger partial charge is 0.490 e. The van der Waals surface area contributed by atoms with E-state index in [9.17, 15) is 4.39 Å². The minimum absolute atomic E-state index is 0.300. The van der Waals surface area contributed by atoms with Crippen LogP contribution in [-0.2, 0) is 0 Å². The Morgan fingerprint density at radius 3 is 2.83 bits per heavy atom. The Morgan fingerprint density at radius 1 is 1.39 bits per heavy atom. The Kier molecular flexibility index (Phi) is 2.66. The summed E-state index contributed by atoms with van der Waals surface area (Å²) in [6, 6.07) is 6.50. The molecular formula is C13H14FN3O. The molecule has 0 unspecified atom stereocenters. The number of nitrogens with one attached hydrogen (secondary N) is 1. The zero-order chi connectivity index (χ0) is 12.5. The molecule has 2 aromatic rings. The number of nitrogens with two attached hydrogens (primary N) is 1. The molecule has 0 aliphatic heterocycles. The van der Waals surface area contributed by atoms with E-state index < -0.39 is 0 Å². The lowest BCUT2D eigenvalue weighted by molar-refractivity contribution is 0.285. The molecule has 1 saturated carbocycles. The summed E-state index contributed by atoms with van der Waals surface area (Å²) in [5, 5.41) is 6.61. The molecule has 1 heterocycles. The Bertz CT molecular complexity index is 563. The molecule has 1 aromatic carbocycles. The molecule has 0 radical (unpaired) electrons. The van der Waals surface area contributed by atoms with Crippen molar-refractivity contribution in [3.63, 3.8) is 0 Å². The second-order valence-corrected chi connectivity index (χ2v) is 4.61. The monoisotopic (exact) mass is 247 g/mol. The number of anilines is 1. The van der Waals surface area contributed by atoms with Crippen LogP contribution in [0.25, 0.3) is 11.3 Å². The second kappa shape index (κ2) is 4.33. The van der Waals surface area contributed by atoms with E-state index in [0.29, 0.717) is 35.3 Å². The third kappa shape index (κ3) is 2.30. The SMILES string of the molecule is Nc1cc(-c2ccc(OCC3CC3)c(F)c2)n[nH]1. The van der Waals surface area contributed by atoms with E-state index in [1.807, 2.05) is 0 Å². The van der Waals surface area contributed by atoms with Crippen LogP contribution >= 0.6 is 0 Å². The van der Waals surface area contributed by atoms with Crippen molar-refractivity contribution >= 4 is 5.82 Å². The van der Waals surface area contributed by atoms with Gasteiger partial charge in [-0.1, -0.05) is 0 Å². The first kappa shape index (κ1) is 11.1. The van der Waals surface area contributed by atoms with Crippen LogP contribution < -0.4 is 10.5 Å². The maximum atomic E-state index is 13.8. The highest BCUT2D eigenvalue weighted by Crippen LogP contribution is 2.31. The van der Waals surface area contributed by atoms with Gasteiger partial charge in [0.2, 0.25) is 0 Å². The number of halogens is 1. The minimum atomic E-state index is -0.366. The van der Waals surface area contributed by atoms with Crippen LogP contribution in [0.5, 0.6) is 5.75 Å². The van der Waals surface area contributed by atoms with Gasteiger partial charge in [-0.3, -0.25) is 5.10 Å². The van der Waals surface area contributed by atoms with E-state index >= 15 is 0 Å². The van der Waals surface area contributed by atoms with Crippen molar-refractivity contribution in [2.45, 2.75) is 12.8 Å². The molecule has 1 aliphatic carbocycles. The maximum Gasteiger partial charge on any atom is 0.165 e. The number of H-pyrrole nitrogens is 1. The van der Waals surface area contributed by atoms with E-state index in [0.717, 1.165) is 0 Å². The molecule has 3 rings (SSSR count). The van der Waals surface area contributed by atoms with Crippen LogP contribution in [0.2, 0.25) is 0 Å². The smallest absolute Gasteiger partial charge is 0.165 e. The van der Waals surface area contributed by atoms with Crippen molar-refractivity contribution < 1.29 is 9.13 Å². The Hall–Kier alpha value is -2.04. The molecule has 0 amide bonds. The molecule has 0 atom stereocenters. The van der Waals surface area contributed by atoms with Crippen molar-refractivity contribution in [1.29, 1.82) is 0 Å². The second-order valence-electron chi connectivity index (χ2n) is 4.61. The van der Waals surface area contributed by atoms with Gasteiger partial charge in [0, 0.05) is 11.6 Å². The number of hydrogen-bond acceptors (Lipinski definition) is 3. The van der Waals surface area contributed by atoms with Crippen LogP contribution in [0.1, 0.15) is 12.8 Å². The van der Waals surface area contributed by atoms with E-state index in [1.165, 1.54) is 18.9 Å². The highest BCUT2D eigenvalue weighted by molar-refractivity contribution is 5.62. The van der Waals surface area contributed by atoms with Crippen molar-refractivity contribution in [2.75, 3.05) is 12.3 Å². The molecule has 18 heavy (non-hydrogen) atoms. The molecule has 1 aliphatic rings. The van der Waals surface area contributed by atoms with E-state index in [1.54, 1.807) is 18.2 Å². The van der Waals surface area contributed by atoms with Gasteiger partial charge < -0.3 is 10.5 Å². The van der Waals surface area contributed by atoms with E-state index in [2.05, 4.69) is 10.2 Å². The quantitative estimate of drug-likeness (QED) is 0.872. The molecule has 5 heteroatoms. The van der Waals surface area contributed by atoms with Gasteiger partial charge in [0.1, 0.15) is 5.82 Å². The van der Waals surface area contributed by atoms with Gasteiger partial charge >= 0.3 is 0 Å². The summed E-state index contributed by atoms with van der Waals surface area (Å²) in [7, 11) is 0. The molecule has 3 N–H and O–H groups in total.